The molecule has 1 saturated carbocycles. The molecule has 1 fully saturated rings. The Morgan fingerprint density at radius 2 is 2.11 bits per heavy atom. The fraction of sp³-hybridized carbons (Fsp3) is 0.526. The van der Waals surface area contributed by atoms with Gasteiger partial charge in [0.2, 0.25) is 5.95 Å². The summed E-state index contributed by atoms with van der Waals surface area (Å²) in [6.07, 6.45) is 6.58. The molecule has 3 rings (SSSR count). The van der Waals surface area contributed by atoms with Crippen molar-refractivity contribution in [3.63, 3.8) is 0 Å². The summed E-state index contributed by atoms with van der Waals surface area (Å²) in [5.41, 5.74) is -0.0416. The molecule has 2 N–H and O–H groups in total. The molecule has 1 atom stereocenters. The third-order valence-electron chi connectivity index (χ3n) is 5.03. The van der Waals surface area contributed by atoms with Gasteiger partial charge in [0.25, 0.3) is 0 Å². The van der Waals surface area contributed by atoms with Crippen molar-refractivity contribution in [1.29, 1.82) is 5.26 Å². The van der Waals surface area contributed by atoms with Gasteiger partial charge in [-0.15, -0.1) is 0 Å². The number of hydrogen-bond acceptors (Lipinski definition) is 7. The Bertz CT molecular complexity index is 867. The number of hydrogen-bond donors (Lipinski definition) is 2. The summed E-state index contributed by atoms with van der Waals surface area (Å²) in [5.74, 6) is 0.878. The molecule has 8 heteroatoms. The van der Waals surface area contributed by atoms with E-state index in [4.69, 9.17) is 0 Å². The lowest BCUT2D eigenvalue weighted by molar-refractivity contribution is 0.159. The lowest BCUT2D eigenvalue weighted by Gasteiger charge is -2.45. The van der Waals surface area contributed by atoms with E-state index in [2.05, 4.69) is 50.5 Å². The quantitative estimate of drug-likeness (QED) is 0.803. The van der Waals surface area contributed by atoms with Crippen LogP contribution in [0.3, 0.4) is 0 Å². The Hall–Kier alpha value is -2.82. The van der Waals surface area contributed by atoms with E-state index in [-0.39, 0.29) is 18.0 Å². The van der Waals surface area contributed by atoms with Gasteiger partial charge in [-0.05, 0) is 32.1 Å². The molecular weight excluding hydrogens is 345 g/mol. The van der Waals surface area contributed by atoms with E-state index in [9.17, 15) is 9.65 Å². The van der Waals surface area contributed by atoms with E-state index in [0.717, 1.165) is 12.8 Å². The highest BCUT2D eigenvalue weighted by Gasteiger charge is 2.38. The van der Waals surface area contributed by atoms with Crippen LogP contribution >= 0.6 is 0 Å². The van der Waals surface area contributed by atoms with Crippen molar-refractivity contribution in [3.05, 3.63) is 35.5 Å². The molecule has 2 heterocycles. The number of alkyl halides is 1. The van der Waals surface area contributed by atoms with Gasteiger partial charge >= 0.3 is 0 Å². The zero-order valence-electron chi connectivity index (χ0n) is 16.0. The third-order valence-corrected chi connectivity index (χ3v) is 5.03. The van der Waals surface area contributed by atoms with Gasteiger partial charge in [-0.1, -0.05) is 13.8 Å². The van der Waals surface area contributed by atoms with Crippen LogP contribution in [0.1, 0.15) is 57.4 Å². The molecule has 2 aromatic heterocycles. The first-order chi connectivity index (χ1) is 12.7. The molecule has 27 heavy (non-hydrogen) atoms. The number of aromatic nitrogens is 4. The smallest absolute Gasteiger partial charge is 0.224 e. The first-order valence-electron chi connectivity index (χ1n) is 8.96. The standard InChI is InChI=1S/C19H24FN7/c1-18(2)6-5-14(18)26-16-12(7-21)9-23-17(27-16)24-10-13-8-22-11-25-15(13)19(3,4)20/h8-9,11,14H,5-6,10H2,1-4H3,(H2,23,24,26,27)/t14-/m1/s1. The van der Waals surface area contributed by atoms with Gasteiger partial charge in [-0.25, -0.2) is 19.3 Å². The molecule has 1 aliphatic carbocycles. The number of nitrogens with one attached hydrogen (secondary N) is 2. The second kappa shape index (κ2) is 7.06. The fourth-order valence-corrected chi connectivity index (χ4v) is 3.15. The van der Waals surface area contributed by atoms with E-state index in [1.165, 1.54) is 26.4 Å². The van der Waals surface area contributed by atoms with E-state index in [0.29, 0.717) is 28.6 Å². The monoisotopic (exact) mass is 369 g/mol. The Balaban J connectivity index is 1.77. The van der Waals surface area contributed by atoms with Crippen LogP contribution in [-0.4, -0.2) is 26.0 Å². The number of nitriles is 1. The van der Waals surface area contributed by atoms with E-state index < -0.39 is 5.67 Å². The van der Waals surface area contributed by atoms with Gasteiger partial charge in [-0.3, -0.25) is 0 Å². The lowest BCUT2D eigenvalue weighted by Crippen LogP contribution is -2.45. The Morgan fingerprint density at radius 1 is 1.33 bits per heavy atom. The number of rotatable bonds is 6. The normalized spacial score (nSPS) is 18.3. The first kappa shape index (κ1) is 19.0. The van der Waals surface area contributed by atoms with E-state index >= 15 is 0 Å². The van der Waals surface area contributed by atoms with Gasteiger partial charge in [-0.2, -0.15) is 10.2 Å². The first-order valence-corrected chi connectivity index (χ1v) is 8.96. The lowest BCUT2D eigenvalue weighted by atomic mass is 9.67. The zero-order valence-corrected chi connectivity index (χ0v) is 16.0. The third kappa shape index (κ3) is 4.13. The Labute approximate surface area is 158 Å². The maximum absolute atomic E-state index is 14.3. The summed E-state index contributed by atoms with van der Waals surface area (Å²) in [6.45, 7) is 7.58. The van der Waals surface area contributed by atoms with Crippen molar-refractivity contribution in [3.8, 4) is 6.07 Å². The average molecular weight is 369 g/mol. The van der Waals surface area contributed by atoms with Crippen molar-refractivity contribution >= 4 is 11.8 Å². The molecule has 0 saturated heterocycles. The predicted octanol–water partition coefficient (Wildman–Crippen LogP) is 3.56. The summed E-state index contributed by atoms with van der Waals surface area (Å²) in [7, 11) is 0. The van der Waals surface area contributed by atoms with Gasteiger partial charge in [0.15, 0.2) is 0 Å². The van der Waals surface area contributed by atoms with Crippen molar-refractivity contribution < 1.29 is 4.39 Å². The van der Waals surface area contributed by atoms with Crippen LogP contribution in [-0.2, 0) is 12.2 Å². The Kier molecular flexibility index (Phi) is 4.96. The molecule has 0 unspecified atom stereocenters. The molecule has 0 aliphatic heterocycles. The average Bonchev–Trinajstić information content (AvgIpc) is 2.63. The maximum atomic E-state index is 14.3. The predicted molar refractivity (Wildman–Crippen MR) is 101 cm³/mol. The zero-order chi connectivity index (χ0) is 19.7. The largest absolute Gasteiger partial charge is 0.366 e. The minimum Gasteiger partial charge on any atom is -0.366 e. The van der Waals surface area contributed by atoms with Gasteiger partial charge in [0.05, 0.1) is 11.9 Å². The van der Waals surface area contributed by atoms with Crippen molar-refractivity contribution in [2.45, 2.75) is 58.8 Å². The van der Waals surface area contributed by atoms with Crippen LogP contribution < -0.4 is 10.6 Å². The minimum atomic E-state index is -1.58. The molecular formula is C19H24FN7. The van der Waals surface area contributed by atoms with Crippen molar-refractivity contribution in [2.24, 2.45) is 5.41 Å². The molecule has 0 bridgehead atoms. The number of anilines is 2. The van der Waals surface area contributed by atoms with Crippen LogP contribution in [0.15, 0.2) is 18.7 Å². The fourth-order valence-electron chi connectivity index (χ4n) is 3.15. The SMILES string of the molecule is CC(C)(F)c1ncncc1CNc1ncc(C#N)c(N[C@@H]2CCC2(C)C)n1. The second-order valence-corrected chi connectivity index (χ2v) is 8.01. The number of nitrogens with zero attached hydrogens (tertiary/aromatic N) is 5. The Morgan fingerprint density at radius 3 is 2.70 bits per heavy atom. The van der Waals surface area contributed by atoms with Gasteiger partial charge in [0.1, 0.15) is 29.4 Å². The summed E-state index contributed by atoms with van der Waals surface area (Å²) < 4.78 is 14.3. The minimum absolute atomic E-state index is 0.175. The molecule has 0 radical (unpaired) electrons. The summed E-state index contributed by atoms with van der Waals surface area (Å²) in [4.78, 5) is 16.7. The van der Waals surface area contributed by atoms with Crippen molar-refractivity contribution in [1.82, 2.24) is 19.9 Å². The summed E-state index contributed by atoms with van der Waals surface area (Å²) in [5, 5.41) is 15.8. The summed E-state index contributed by atoms with van der Waals surface area (Å²) in [6, 6.07) is 2.39. The molecule has 0 aromatic carbocycles. The maximum Gasteiger partial charge on any atom is 0.224 e. The van der Waals surface area contributed by atoms with Crippen LogP contribution in [0.25, 0.3) is 0 Å². The van der Waals surface area contributed by atoms with Gasteiger partial charge in [0, 0.05) is 24.3 Å². The highest BCUT2D eigenvalue weighted by molar-refractivity contribution is 5.54. The molecule has 0 amide bonds. The van der Waals surface area contributed by atoms with Crippen LogP contribution in [0, 0.1) is 16.7 Å². The van der Waals surface area contributed by atoms with Crippen LogP contribution in [0.5, 0.6) is 0 Å². The second-order valence-electron chi connectivity index (χ2n) is 8.01. The highest BCUT2D eigenvalue weighted by atomic mass is 19.1. The molecule has 1 aliphatic rings. The molecule has 2 aromatic rings. The molecule has 7 nitrogen and oxygen atoms in total. The van der Waals surface area contributed by atoms with Crippen LogP contribution in [0.4, 0.5) is 16.2 Å². The van der Waals surface area contributed by atoms with Crippen LogP contribution in [0.2, 0.25) is 0 Å². The summed E-state index contributed by atoms with van der Waals surface area (Å²) >= 11 is 0. The number of halogens is 1. The molecule has 0 spiro atoms. The van der Waals surface area contributed by atoms with Gasteiger partial charge < -0.3 is 10.6 Å². The molecule has 142 valence electrons. The topological polar surface area (TPSA) is 99.4 Å². The van der Waals surface area contributed by atoms with E-state index in [1.807, 2.05) is 0 Å². The highest BCUT2D eigenvalue weighted by Crippen LogP contribution is 2.41. The van der Waals surface area contributed by atoms with Crippen molar-refractivity contribution in [2.75, 3.05) is 10.6 Å². The van der Waals surface area contributed by atoms with E-state index in [1.54, 1.807) is 6.20 Å².